The summed E-state index contributed by atoms with van der Waals surface area (Å²) >= 11 is 0. The van der Waals surface area contributed by atoms with Gasteiger partial charge in [0, 0.05) is 18.6 Å². The second kappa shape index (κ2) is 4.10. The minimum absolute atomic E-state index is 0.739. The number of rotatable bonds is 0. The summed E-state index contributed by atoms with van der Waals surface area (Å²) in [5.41, 5.74) is 1.77. The molecule has 2 nitrogen and oxygen atoms in total. The van der Waals surface area contributed by atoms with Gasteiger partial charge < -0.3 is 5.32 Å². The molecule has 4 atom stereocenters. The Hall–Kier alpha value is -0.340. The zero-order valence-corrected chi connectivity index (χ0v) is 10.7. The van der Waals surface area contributed by atoms with Gasteiger partial charge in [0.2, 0.25) is 0 Å². The first kappa shape index (κ1) is 10.6. The second-order valence-electron chi connectivity index (χ2n) is 6.49. The molecular formula is C15H24N2. The normalized spacial score (nSPS) is 45.8. The van der Waals surface area contributed by atoms with Crippen molar-refractivity contribution in [1.29, 1.82) is 0 Å². The fourth-order valence-electron chi connectivity index (χ4n) is 4.80. The van der Waals surface area contributed by atoms with E-state index in [1.54, 1.807) is 5.57 Å². The van der Waals surface area contributed by atoms with Gasteiger partial charge in [0.25, 0.3) is 0 Å². The third kappa shape index (κ3) is 1.68. The molecule has 4 rings (SSSR count). The topological polar surface area (TPSA) is 15.3 Å². The summed E-state index contributed by atoms with van der Waals surface area (Å²) in [4.78, 5) is 2.81. The van der Waals surface area contributed by atoms with Crippen molar-refractivity contribution in [2.24, 2.45) is 11.8 Å². The first-order valence-corrected chi connectivity index (χ1v) is 7.60. The average Bonchev–Trinajstić information content (AvgIpc) is 2.39. The highest BCUT2D eigenvalue weighted by Gasteiger charge is 2.43. The molecule has 3 fully saturated rings. The van der Waals surface area contributed by atoms with Gasteiger partial charge in [-0.05, 0) is 57.0 Å². The lowest BCUT2D eigenvalue weighted by atomic mass is 9.68. The van der Waals surface area contributed by atoms with E-state index in [1.165, 1.54) is 58.2 Å². The van der Waals surface area contributed by atoms with E-state index in [0.29, 0.717) is 0 Å². The zero-order chi connectivity index (χ0) is 11.2. The molecule has 17 heavy (non-hydrogen) atoms. The van der Waals surface area contributed by atoms with E-state index < -0.39 is 0 Å². The van der Waals surface area contributed by atoms with E-state index in [9.17, 15) is 0 Å². The Kier molecular flexibility index (Phi) is 2.55. The van der Waals surface area contributed by atoms with Crippen LogP contribution in [0.1, 0.15) is 38.5 Å². The lowest BCUT2D eigenvalue weighted by Crippen LogP contribution is -2.58. The zero-order valence-electron chi connectivity index (χ0n) is 10.7. The van der Waals surface area contributed by atoms with Crippen LogP contribution in [0.4, 0.5) is 0 Å². The SMILES string of the molecule is C1=C2CCCN[C@@H]2[C@@H]2C[C@H]1[C@@H]1CCCCN1C2. The van der Waals surface area contributed by atoms with E-state index in [-0.39, 0.29) is 0 Å². The van der Waals surface area contributed by atoms with Crippen LogP contribution >= 0.6 is 0 Å². The quantitative estimate of drug-likeness (QED) is 0.644. The summed E-state index contributed by atoms with van der Waals surface area (Å²) < 4.78 is 0. The second-order valence-corrected chi connectivity index (χ2v) is 6.49. The van der Waals surface area contributed by atoms with E-state index in [0.717, 1.165) is 23.9 Å². The van der Waals surface area contributed by atoms with Crippen LogP contribution in [0, 0.1) is 11.8 Å². The van der Waals surface area contributed by atoms with Gasteiger partial charge in [0.15, 0.2) is 0 Å². The molecule has 1 aliphatic carbocycles. The van der Waals surface area contributed by atoms with Crippen LogP contribution in [0.5, 0.6) is 0 Å². The van der Waals surface area contributed by atoms with Crippen LogP contribution in [0.25, 0.3) is 0 Å². The summed E-state index contributed by atoms with van der Waals surface area (Å²) in [6.45, 7) is 3.98. The molecule has 4 aliphatic rings. The van der Waals surface area contributed by atoms with Gasteiger partial charge in [0.1, 0.15) is 0 Å². The Labute approximate surface area is 104 Å². The minimum atomic E-state index is 0.739. The van der Waals surface area contributed by atoms with E-state index >= 15 is 0 Å². The van der Waals surface area contributed by atoms with Crippen molar-refractivity contribution < 1.29 is 0 Å². The number of fused-ring (bicyclic) bond motifs is 6. The van der Waals surface area contributed by atoms with E-state index in [2.05, 4.69) is 16.3 Å². The highest BCUT2D eigenvalue weighted by Crippen LogP contribution is 2.42. The van der Waals surface area contributed by atoms with E-state index in [1.807, 2.05) is 0 Å². The summed E-state index contributed by atoms with van der Waals surface area (Å²) in [7, 11) is 0. The molecule has 2 heteroatoms. The monoisotopic (exact) mass is 232 g/mol. The van der Waals surface area contributed by atoms with Crippen molar-refractivity contribution in [3.8, 4) is 0 Å². The molecule has 1 N–H and O–H groups in total. The molecule has 0 unspecified atom stereocenters. The summed E-state index contributed by atoms with van der Waals surface area (Å²) in [5.74, 6) is 1.80. The fraction of sp³-hybridized carbons (Fsp3) is 0.867. The minimum Gasteiger partial charge on any atom is -0.310 e. The largest absolute Gasteiger partial charge is 0.310 e. The van der Waals surface area contributed by atoms with Gasteiger partial charge in [-0.3, -0.25) is 4.90 Å². The van der Waals surface area contributed by atoms with Crippen molar-refractivity contribution in [1.82, 2.24) is 10.2 Å². The van der Waals surface area contributed by atoms with Crippen LogP contribution in [0.3, 0.4) is 0 Å². The van der Waals surface area contributed by atoms with Gasteiger partial charge in [-0.2, -0.15) is 0 Å². The number of hydrogen-bond donors (Lipinski definition) is 1. The lowest BCUT2D eigenvalue weighted by molar-refractivity contribution is 0.0271. The average molecular weight is 232 g/mol. The predicted octanol–water partition coefficient (Wildman–Crippen LogP) is 2.17. The Morgan fingerprint density at radius 1 is 1.24 bits per heavy atom. The maximum absolute atomic E-state index is 3.78. The Morgan fingerprint density at radius 3 is 3.24 bits per heavy atom. The van der Waals surface area contributed by atoms with Crippen molar-refractivity contribution in [3.63, 3.8) is 0 Å². The molecule has 3 saturated heterocycles. The number of piperidine rings is 3. The summed E-state index contributed by atoms with van der Waals surface area (Å²) in [6.07, 6.45) is 11.2. The highest BCUT2D eigenvalue weighted by atomic mass is 15.2. The smallest absolute Gasteiger partial charge is 0.0320 e. The molecule has 0 spiro atoms. The Bertz CT molecular complexity index is 336. The summed E-state index contributed by atoms with van der Waals surface area (Å²) in [5, 5.41) is 3.78. The Balaban J connectivity index is 1.64. The number of hydrogen-bond acceptors (Lipinski definition) is 2. The predicted molar refractivity (Wildman–Crippen MR) is 69.9 cm³/mol. The molecule has 0 aromatic carbocycles. The number of nitrogens with zero attached hydrogens (tertiary/aromatic N) is 1. The van der Waals surface area contributed by atoms with Crippen molar-refractivity contribution >= 4 is 0 Å². The molecule has 0 radical (unpaired) electrons. The summed E-state index contributed by atoms with van der Waals surface area (Å²) in [6, 6.07) is 1.64. The molecular weight excluding hydrogens is 208 g/mol. The molecule has 94 valence electrons. The highest BCUT2D eigenvalue weighted by molar-refractivity contribution is 5.23. The molecule has 0 saturated carbocycles. The van der Waals surface area contributed by atoms with Gasteiger partial charge >= 0.3 is 0 Å². The van der Waals surface area contributed by atoms with Gasteiger partial charge in [0.05, 0.1) is 0 Å². The third-order valence-corrected chi connectivity index (χ3v) is 5.51. The molecule has 0 amide bonds. The first-order valence-electron chi connectivity index (χ1n) is 7.60. The van der Waals surface area contributed by atoms with Crippen LogP contribution in [-0.4, -0.2) is 36.6 Å². The van der Waals surface area contributed by atoms with Crippen LogP contribution < -0.4 is 5.32 Å². The van der Waals surface area contributed by atoms with Crippen molar-refractivity contribution in [2.75, 3.05) is 19.6 Å². The Morgan fingerprint density at radius 2 is 2.24 bits per heavy atom. The first-order chi connectivity index (χ1) is 8.42. The maximum Gasteiger partial charge on any atom is 0.0320 e. The van der Waals surface area contributed by atoms with Crippen molar-refractivity contribution in [2.45, 2.75) is 50.6 Å². The lowest BCUT2D eigenvalue weighted by Gasteiger charge is -2.52. The van der Waals surface area contributed by atoms with Crippen LogP contribution in [0.15, 0.2) is 11.6 Å². The number of nitrogens with one attached hydrogen (secondary N) is 1. The molecule has 2 bridgehead atoms. The fourth-order valence-corrected chi connectivity index (χ4v) is 4.80. The molecule has 3 aliphatic heterocycles. The van der Waals surface area contributed by atoms with Crippen molar-refractivity contribution in [3.05, 3.63) is 11.6 Å². The van der Waals surface area contributed by atoms with Gasteiger partial charge in [-0.25, -0.2) is 0 Å². The van der Waals surface area contributed by atoms with Gasteiger partial charge in [-0.1, -0.05) is 18.1 Å². The van der Waals surface area contributed by atoms with Gasteiger partial charge in [-0.15, -0.1) is 0 Å². The van der Waals surface area contributed by atoms with Crippen LogP contribution in [0.2, 0.25) is 0 Å². The molecule has 0 aromatic heterocycles. The molecule has 3 heterocycles. The standard InChI is InChI=1S/C15H24N2/c1-2-7-17-10-13-9-12(14(17)5-1)8-11-4-3-6-16-15(11)13/h8,12-16H,1-7,9-10H2/t12-,13+,14-,15-/m0/s1. The van der Waals surface area contributed by atoms with E-state index in [4.69, 9.17) is 0 Å². The van der Waals surface area contributed by atoms with Crippen LogP contribution in [-0.2, 0) is 0 Å². The maximum atomic E-state index is 3.78. The third-order valence-electron chi connectivity index (χ3n) is 5.51. The molecule has 0 aromatic rings.